The van der Waals surface area contributed by atoms with Crippen LogP contribution in [0.4, 0.5) is 0 Å². The molecule has 1 aliphatic heterocycles. The summed E-state index contributed by atoms with van der Waals surface area (Å²) < 4.78 is 0. The summed E-state index contributed by atoms with van der Waals surface area (Å²) in [5, 5.41) is 0.590. The molecule has 16 heavy (non-hydrogen) atoms. The number of carbonyl (C=O) groups excluding carboxylic acids is 1. The van der Waals surface area contributed by atoms with Crippen molar-refractivity contribution in [1.29, 1.82) is 0 Å². The Morgan fingerprint density at radius 2 is 2.31 bits per heavy atom. The Morgan fingerprint density at radius 1 is 1.50 bits per heavy atom. The number of piperidine rings is 1. The van der Waals surface area contributed by atoms with Crippen molar-refractivity contribution in [1.82, 2.24) is 4.90 Å². The van der Waals surface area contributed by atoms with E-state index in [-0.39, 0.29) is 11.9 Å². The van der Waals surface area contributed by atoms with Crippen molar-refractivity contribution in [2.45, 2.75) is 18.9 Å². The highest BCUT2D eigenvalue weighted by molar-refractivity contribution is 6.30. The summed E-state index contributed by atoms with van der Waals surface area (Å²) >= 11 is 5.86. The van der Waals surface area contributed by atoms with Gasteiger partial charge in [-0.25, -0.2) is 0 Å². The molecule has 0 aliphatic carbocycles. The zero-order valence-electron chi connectivity index (χ0n) is 9.03. The maximum atomic E-state index is 12.1. The van der Waals surface area contributed by atoms with Crippen LogP contribution in [0.15, 0.2) is 24.3 Å². The number of carbonyl (C=O) groups is 1. The quantitative estimate of drug-likeness (QED) is 0.812. The van der Waals surface area contributed by atoms with Gasteiger partial charge in [-0.3, -0.25) is 4.79 Å². The van der Waals surface area contributed by atoms with Crippen molar-refractivity contribution in [2.75, 3.05) is 13.1 Å². The van der Waals surface area contributed by atoms with E-state index in [4.69, 9.17) is 17.3 Å². The minimum Gasteiger partial charge on any atom is -0.337 e. The summed E-state index contributed by atoms with van der Waals surface area (Å²) in [7, 11) is 0. The third-order valence-electron chi connectivity index (χ3n) is 2.82. The number of hydrogen-bond donors (Lipinski definition) is 1. The molecule has 1 heterocycles. The second-order valence-electron chi connectivity index (χ2n) is 4.16. The van der Waals surface area contributed by atoms with E-state index < -0.39 is 0 Å². The van der Waals surface area contributed by atoms with Gasteiger partial charge in [-0.15, -0.1) is 0 Å². The van der Waals surface area contributed by atoms with Crippen molar-refractivity contribution in [2.24, 2.45) is 5.73 Å². The Balaban J connectivity index is 2.12. The van der Waals surface area contributed by atoms with Crippen LogP contribution in [0.1, 0.15) is 23.2 Å². The van der Waals surface area contributed by atoms with Gasteiger partial charge in [0.05, 0.1) is 0 Å². The molecule has 1 fully saturated rings. The molecule has 3 nitrogen and oxygen atoms in total. The first-order chi connectivity index (χ1) is 7.66. The molecule has 1 amide bonds. The van der Waals surface area contributed by atoms with Crippen LogP contribution in [-0.2, 0) is 0 Å². The Morgan fingerprint density at radius 3 is 3.00 bits per heavy atom. The van der Waals surface area contributed by atoms with Crippen molar-refractivity contribution in [3.05, 3.63) is 34.9 Å². The van der Waals surface area contributed by atoms with E-state index in [1.165, 1.54) is 0 Å². The number of halogens is 1. The lowest BCUT2D eigenvalue weighted by Crippen LogP contribution is -2.45. The van der Waals surface area contributed by atoms with Crippen LogP contribution in [0.5, 0.6) is 0 Å². The van der Waals surface area contributed by atoms with Gasteiger partial charge in [0, 0.05) is 29.7 Å². The molecule has 0 spiro atoms. The monoisotopic (exact) mass is 238 g/mol. The molecule has 2 rings (SSSR count). The minimum atomic E-state index is 0.0256. The molecule has 0 aromatic heterocycles. The summed E-state index contributed by atoms with van der Waals surface area (Å²) in [6, 6.07) is 7.15. The van der Waals surface area contributed by atoms with E-state index in [9.17, 15) is 4.79 Å². The minimum absolute atomic E-state index is 0.0256. The average molecular weight is 239 g/mol. The molecule has 2 N–H and O–H groups in total. The largest absolute Gasteiger partial charge is 0.337 e. The van der Waals surface area contributed by atoms with Gasteiger partial charge in [0.1, 0.15) is 0 Å². The van der Waals surface area contributed by atoms with Crippen LogP contribution in [0.3, 0.4) is 0 Å². The van der Waals surface area contributed by atoms with Crippen molar-refractivity contribution >= 4 is 17.5 Å². The molecule has 86 valence electrons. The average Bonchev–Trinajstić information content (AvgIpc) is 2.28. The number of rotatable bonds is 1. The van der Waals surface area contributed by atoms with E-state index in [1.54, 1.807) is 29.2 Å². The summed E-state index contributed by atoms with van der Waals surface area (Å²) in [6.07, 6.45) is 1.98. The van der Waals surface area contributed by atoms with E-state index in [0.29, 0.717) is 17.1 Å². The molecule has 1 aromatic rings. The lowest BCUT2D eigenvalue weighted by molar-refractivity contribution is 0.0709. The third-order valence-corrected chi connectivity index (χ3v) is 3.05. The van der Waals surface area contributed by atoms with Crippen molar-refractivity contribution < 1.29 is 4.79 Å². The first-order valence-electron chi connectivity index (χ1n) is 5.47. The normalized spacial score (nSPS) is 20.9. The maximum absolute atomic E-state index is 12.1. The Labute approximate surface area is 100 Å². The van der Waals surface area contributed by atoms with E-state index in [2.05, 4.69) is 0 Å². The van der Waals surface area contributed by atoms with E-state index in [0.717, 1.165) is 19.4 Å². The molecule has 1 aliphatic rings. The molecular weight excluding hydrogens is 224 g/mol. The Bertz CT molecular complexity index is 394. The zero-order chi connectivity index (χ0) is 11.5. The standard InChI is InChI=1S/C12H15ClN2O/c13-10-4-1-3-9(7-10)12(16)15-6-2-5-11(14)8-15/h1,3-4,7,11H,2,5-6,8,14H2. The van der Waals surface area contributed by atoms with Gasteiger partial charge in [-0.2, -0.15) is 0 Å². The third kappa shape index (κ3) is 2.54. The molecule has 4 heteroatoms. The highest BCUT2D eigenvalue weighted by Gasteiger charge is 2.22. The van der Waals surface area contributed by atoms with Gasteiger partial charge < -0.3 is 10.6 Å². The summed E-state index contributed by atoms with van der Waals surface area (Å²) in [5.74, 6) is 0.0256. The van der Waals surface area contributed by atoms with Crippen LogP contribution in [0.25, 0.3) is 0 Å². The van der Waals surface area contributed by atoms with Crippen LogP contribution >= 0.6 is 11.6 Å². The predicted molar refractivity (Wildman–Crippen MR) is 64.6 cm³/mol. The van der Waals surface area contributed by atoms with Gasteiger partial charge in [0.25, 0.3) is 5.91 Å². The molecule has 1 aromatic carbocycles. The molecule has 1 unspecified atom stereocenters. The number of amides is 1. The molecule has 0 saturated carbocycles. The Hall–Kier alpha value is -1.06. The molecule has 0 bridgehead atoms. The second-order valence-corrected chi connectivity index (χ2v) is 4.60. The molecular formula is C12H15ClN2O. The summed E-state index contributed by atoms with van der Waals surface area (Å²) in [4.78, 5) is 13.9. The Kier molecular flexibility index (Phi) is 3.46. The summed E-state index contributed by atoms with van der Waals surface area (Å²) in [6.45, 7) is 1.43. The van der Waals surface area contributed by atoms with Crippen LogP contribution < -0.4 is 5.73 Å². The number of benzene rings is 1. The zero-order valence-corrected chi connectivity index (χ0v) is 9.78. The highest BCUT2D eigenvalue weighted by atomic mass is 35.5. The topological polar surface area (TPSA) is 46.3 Å². The van der Waals surface area contributed by atoms with Crippen LogP contribution in [0.2, 0.25) is 5.02 Å². The number of nitrogens with zero attached hydrogens (tertiary/aromatic N) is 1. The fraction of sp³-hybridized carbons (Fsp3) is 0.417. The van der Waals surface area contributed by atoms with E-state index in [1.807, 2.05) is 0 Å². The van der Waals surface area contributed by atoms with Crippen LogP contribution in [0, 0.1) is 0 Å². The van der Waals surface area contributed by atoms with Crippen molar-refractivity contribution in [3.8, 4) is 0 Å². The van der Waals surface area contributed by atoms with Gasteiger partial charge in [0.15, 0.2) is 0 Å². The van der Waals surface area contributed by atoms with Crippen LogP contribution in [-0.4, -0.2) is 29.9 Å². The molecule has 0 radical (unpaired) electrons. The number of likely N-dealkylation sites (tertiary alicyclic amines) is 1. The fourth-order valence-corrected chi connectivity index (χ4v) is 2.19. The van der Waals surface area contributed by atoms with Gasteiger partial charge in [-0.1, -0.05) is 17.7 Å². The lowest BCUT2D eigenvalue weighted by Gasteiger charge is -2.30. The van der Waals surface area contributed by atoms with Gasteiger partial charge in [0.2, 0.25) is 0 Å². The first-order valence-corrected chi connectivity index (χ1v) is 5.85. The molecule has 1 atom stereocenters. The maximum Gasteiger partial charge on any atom is 0.253 e. The lowest BCUT2D eigenvalue weighted by atomic mass is 10.1. The summed E-state index contributed by atoms with van der Waals surface area (Å²) in [5.41, 5.74) is 6.49. The SMILES string of the molecule is NC1CCCN(C(=O)c2cccc(Cl)c2)C1. The second kappa shape index (κ2) is 4.85. The number of hydrogen-bond acceptors (Lipinski definition) is 2. The fourth-order valence-electron chi connectivity index (χ4n) is 2.00. The van der Waals surface area contributed by atoms with Gasteiger partial charge >= 0.3 is 0 Å². The smallest absolute Gasteiger partial charge is 0.253 e. The highest BCUT2D eigenvalue weighted by Crippen LogP contribution is 2.15. The van der Waals surface area contributed by atoms with Crippen molar-refractivity contribution in [3.63, 3.8) is 0 Å². The van der Waals surface area contributed by atoms with E-state index >= 15 is 0 Å². The number of nitrogens with two attached hydrogens (primary N) is 1. The predicted octanol–water partition coefficient (Wildman–Crippen LogP) is 1.90. The van der Waals surface area contributed by atoms with Gasteiger partial charge in [-0.05, 0) is 31.0 Å². The first kappa shape index (κ1) is 11.4. The molecule has 1 saturated heterocycles.